The second-order valence-electron chi connectivity index (χ2n) is 9.25. The topological polar surface area (TPSA) is 91.1 Å². The fourth-order valence-corrected chi connectivity index (χ4v) is 7.55. The Morgan fingerprint density at radius 2 is 1.71 bits per heavy atom. The summed E-state index contributed by atoms with van der Waals surface area (Å²) < 4.78 is 16.6. The number of nitro benzene ring substituents is 1. The third kappa shape index (κ3) is 3.53. The van der Waals surface area contributed by atoms with Crippen LogP contribution in [0.5, 0.6) is 0 Å². The van der Waals surface area contributed by atoms with E-state index in [0.717, 1.165) is 16.9 Å². The Morgan fingerprint density at radius 1 is 1.03 bits per heavy atom. The molecule has 1 N–H and O–H groups in total. The van der Waals surface area contributed by atoms with Crippen molar-refractivity contribution in [3.8, 4) is 0 Å². The highest BCUT2D eigenvalue weighted by molar-refractivity contribution is 7.72. The number of rotatable bonds is 4. The minimum atomic E-state index is -3.57. The van der Waals surface area contributed by atoms with Crippen LogP contribution < -0.4 is 14.8 Å². The van der Waals surface area contributed by atoms with E-state index in [9.17, 15) is 10.1 Å². The van der Waals surface area contributed by atoms with E-state index in [1.54, 1.807) is 24.0 Å². The maximum atomic E-state index is 15.1. The smallest absolute Gasteiger partial charge is 0.313 e. The molecule has 2 aliphatic rings. The van der Waals surface area contributed by atoms with Crippen molar-refractivity contribution in [3.05, 3.63) is 105 Å². The number of likely N-dealkylation sites (N-methyl/N-ethyl adjacent to an activating group) is 1. The molecule has 8 nitrogen and oxygen atoms in total. The first-order valence-corrected chi connectivity index (χ1v) is 12.9. The van der Waals surface area contributed by atoms with Gasteiger partial charge < -0.3 is 9.99 Å². The van der Waals surface area contributed by atoms with Crippen LogP contribution in [0.4, 0.5) is 22.7 Å². The lowest BCUT2D eigenvalue weighted by atomic mass is 9.84. The first kappa shape index (κ1) is 22.9. The monoisotopic (exact) mass is 487 g/mol. The van der Waals surface area contributed by atoms with Gasteiger partial charge in [-0.2, -0.15) is 9.88 Å². The van der Waals surface area contributed by atoms with Crippen molar-refractivity contribution in [2.45, 2.75) is 26.2 Å². The zero-order valence-corrected chi connectivity index (χ0v) is 20.9. The van der Waals surface area contributed by atoms with Crippen molar-refractivity contribution < 1.29 is 9.49 Å². The second kappa shape index (κ2) is 8.10. The van der Waals surface area contributed by atoms with Crippen molar-refractivity contribution in [3.63, 3.8) is 0 Å². The summed E-state index contributed by atoms with van der Waals surface area (Å²) in [7, 11) is -1.58. The molecule has 2 heterocycles. The molecule has 0 saturated heterocycles. The first-order chi connectivity index (χ1) is 16.6. The van der Waals surface area contributed by atoms with Crippen molar-refractivity contribution in [2.75, 3.05) is 21.8 Å². The highest BCUT2D eigenvalue weighted by Gasteiger charge is 2.48. The van der Waals surface area contributed by atoms with Crippen molar-refractivity contribution in [2.24, 2.45) is 5.10 Å². The molecule has 9 heteroatoms. The van der Waals surface area contributed by atoms with Gasteiger partial charge in [0.1, 0.15) is 0 Å². The van der Waals surface area contributed by atoms with Gasteiger partial charge in [-0.25, -0.2) is 0 Å². The third-order valence-corrected chi connectivity index (χ3v) is 9.06. The molecule has 0 spiro atoms. The van der Waals surface area contributed by atoms with Crippen LogP contribution in [0.2, 0.25) is 0 Å². The maximum Gasteiger partial charge on any atom is 0.313 e. The van der Waals surface area contributed by atoms with Gasteiger partial charge in [0, 0.05) is 41.7 Å². The van der Waals surface area contributed by atoms with Gasteiger partial charge in [0.15, 0.2) is 0 Å². The van der Waals surface area contributed by atoms with Gasteiger partial charge >= 0.3 is 7.44 Å². The molecule has 0 aromatic heterocycles. The van der Waals surface area contributed by atoms with Crippen LogP contribution in [0, 0.1) is 17.0 Å². The predicted octanol–water partition coefficient (Wildman–Crippen LogP) is 6.65. The molecule has 0 aliphatic carbocycles. The molecule has 1 atom stereocenters. The van der Waals surface area contributed by atoms with Crippen LogP contribution in [0.15, 0.2) is 88.9 Å². The Labute approximate surface area is 204 Å². The van der Waals surface area contributed by atoms with E-state index in [4.69, 9.17) is 0 Å². The Bertz CT molecular complexity index is 1450. The fourth-order valence-electron chi connectivity index (χ4n) is 4.97. The zero-order valence-electron chi connectivity index (χ0n) is 20.0. The number of benzene rings is 3. The van der Waals surface area contributed by atoms with Crippen molar-refractivity contribution in [1.29, 1.82) is 0 Å². The van der Waals surface area contributed by atoms with Crippen LogP contribution in [-0.2, 0) is 9.98 Å². The zero-order chi connectivity index (χ0) is 25.0. The Balaban J connectivity index is 1.70. The molecule has 2 aliphatic heterocycles. The number of fused-ring (bicyclic) bond motifs is 1. The summed E-state index contributed by atoms with van der Waals surface area (Å²) in [6.45, 7) is 6.01. The molecule has 0 fully saturated rings. The van der Waals surface area contributed by atoms with E-state index >= 15 is 4.57 Å². The van der Waals surface area contributed by atoms with E-state index in [-0.39, 0.29) is 5.69 Å². The van der Waals surface area contributed by atoms with Crippen LogP contribution in [0.3, 0.4) is 0 Å². The fraction of sp³-hybridized carbons (Fsp3) is 0.192. The number of para-hydroxylation sites is 2. The third-order valence-electron chi connectivity index (χ3n) is 6.67. The van der Waals surface area contributed by atoms with Gasteiger partial charge in [0.05, 0.1) is 22.1 Å². The van der Waals surface area contributed by atoms with Gasteiger partial charge in [0.25, 0.3) is 5.69 Å². The molecular weight excluding hydrogens is 461 g/mol. The van der Waals surface area contributed by atoms with E-state index in [0.29, 0.717) is 22.3 Å². The summed E-state index contributed by atoms with van der Waals surface area (Å²) in [4.78, 5) is 12.9. The normalized spacial score (nSPS) is 22.4. The molecule has 3 aromatic carbocycles. The Hall–Kier alpha value is -3.90. The van der Waals surface area contributed by atoms with Crippen molar-refractivity contribution in [1.82, 2.24) is 0 Å². The quantitative estimate of drug-likeness (QED) is 0.252. The van der Waals surface area contributed by atoms with Gasteiger partial charge in [0.2, 0.25) is 0 Å². The van der Waals surface area contributed by atoms with Gasteiger partial charge in [-0.05, 0) is 42.3 Å². The summed E-state index contributed by atoms with van der Waals surface area (Å²) in [6.07, 6.45) is 1.68. The largest absolute Gasteiger partial charge is 0.346 e. The summed E-state index contributed by atoms with van der Waals surface area (Å²) in [5.41, 5.74) is 4.54. The lowest BCUT2D eigenvalue weighted by Crippen LogP contribution is -2.27. The number of hydrogen-bond acceptors (Lipinski definition) is 5. The van der Waals surface area contributed by atoms with E-state index in [2.05, 4.69) is 41.1 Å². The summed E-state index contributed by atoms with van der Waals surface area (Å²) in [5.74, 6) is 0. The minimum Gasteiger partial charge on any atom is -0.346 e. The molecule has 5 rings (SSSR count). The van der Waals surface area contributed by atoms with Gasteiger partial charge in [-0.3, -0.25) is 14.7 Å². The summed E-state index contributed by atoms with van der Waals surface area (Å²) >= 11 is 0. The number of allylic oxidation sites excluding steroid dienone is 2. The van der Waals surface area contributed by atoms with Crippen LogP contribution in [-0.4, -0.2) is 18.2 Å². The number of nitro groups is 1. The van der Waals surface area contributed by atoms with E-state index in [1.807, 2.05) is 49.5 Å². The number of hydrogen-bond donors (Lipinski definition) is 1. The molecule has 35 heavy (non-hydrogen) atoms. The lowest BCUT2D eigenvalue weighted by Gasteiger charge is -2.31. The van der Waals surface area contributed by atoms with Crippen LogP contribution in [0.25, 0.3) is 0 Å². The molecule has 0 radical (unpaired) electrons. The van der Waals surface area contributed by atoms with Gasteiger partial charge in [-0.1, -0.05) is 50.2 Å². The lowest BCUT2D eigenvalue weighted by molar-refractivity contribution is -0.384. The summed E-state index contributed by atoms with van der Waals surface area (Å²) in [5, 5.41) is 19.7. The molecule has 3 aromatic rings. The number of nitrogens with zero attached hydrogens (tertiary/aromatic N) is 4. The molecular formula is C26H26N5O3P. The minimum absolute atomic E-state index is 0.0143. The average Bonchev–Trinajstić information content (AvgIpc) is 3.26. The Kier molecular flexibility index (Phi) is 5.29. The van der Waals surface area contributed by atoms with E-state index < -0.39 is 17.8 Å². The molecule has 1 unspecified atom stereocenters. The highest BCUT2D eigenvalue weighted by Crippen LogP contribution is 2.65. The number of anilines is 3. The van der Waals surface area contributed by atoms with Crippen LogP contribution in [0.1, 0.15) is 25.0 Å². The molecule has 0 bridgehead atoms. The highest BCUT2D eigenvalue weighted by atomic mass is 31.2. The Morgan fingerprint density at radius 3 is 2.37 bits per heavy atom. The number of non-ortho nitro benzene ring substituents is 1. The summed E-state index contributed by atoms with van der Waals surface area (Å²) in [6, 6.07) is 22.0. The molecule has 0 amide bonds. The van der Waals surface area contributed by atoms with Gasteiger partial charge in [-0.15, -0.1) is 0 Å². The number of nitrogens with one attached hydrogen (secondary N) is 1. The number of hydrazone groups is 1. The van der Waals surface area contributed by atoms with Crippen molar-refractivity contribution >= 4 is 36.4 Å². The SMILES string of the molecule is Cc1cc([N+](=O)[O-])ccc1NP1(=O)C(=C2N(C)c3ccccc3C2(C)C)C=NN1c1ccccc1. The van der Waals surface area contributed by atoms with Crippen LogP contribution >= 0.6 is 7.44 Å². The molecule has 178 valence electrons. The second-order valence-corrected chi connectivity index (χ2v) is 11.5. The molecule has 0 saturated carbocycles. The maximum absolute atomic E-state index is 15.1. The predicted molar refractivity (Wildman–Crippen MR) is 141 cm³/mol. The standard InChI is InChI=1S/C26H26N5O3P/c1-18-16-20(31(32)33)14-15-22(18)28-35(34)24(17-27-30(35)19-10-6-5-7-11-19)25-26(2,3)21-12-8-9-13-23(21)29(25)4/h5-17H,1-4H3,(H,28,34). The average molecular weight is 488 g/mol. The first-order valence-electron chi connectivity index (χ1n) is 11.3. The van der Waals surface area contributed by atoms with E-state index in [1.165, 1.54) is 12.1 Å². The number of aryl methyl sites for hydroxylation is 1.